The molecule has 4 nitrogen and oxygen atoms in total. The summed E-state index contributed by atoms with van der Waals surface area (Å²) in [6, 6.07) is 4.47. The van der Waals surface area contributed by atoms with Gasteiger partial charge in [-0.25, -0.2) is 8.42 Å². The molecule has 2 rings (SSSR count). The van der Waals surface area contributed by atoms with Crippen LogP contribution in [0.1, 0.15) is 19.4 Å². The van der Waals surface area contributed by atoms with Crippen molar-refractivity contribution in [3.8, 4) is 0 Å². The smallest absolute Gasteiger partial charge is 0.243 e. The number of aliphatic hydroxyl groups is 1. The lowest BCUT2D eigenvalue weighted by Gasteiger charge is -2.36. The summed E-state index contributed by atoms with van der Waals surface area (Å²) in [5.41, 5.74) is 0.528. The quantitative estimate of drug-likeness (QED) is 0.921. The lowest BCUT2D eigenvalue weighted by Crippen LogP contribution is -2.46. The zero-order chi connectivity index (χ0) is 15.0. The van der Waals surface area contributed by atoms with Crippen LogP contribution in [0.15, 0.2) is 23.1 Å². The van der Waals surface area contributed by atoms with Gasteiger partial charge in [-0.15, -0.1) is 0 Å². The van der Waals surface area contributed by atoms with Crippen LogP contribution in [0.3, 0.4) is 0 Å². The minimum Gasteiger partial charge on any atom is -0.392 e. The normalized spacial score (nSPS) is 20.0. The first-order valence-corrected chi connectivity index (χ1v) is 9.10. The fourth-order valence-corrected chi connectivity index (χ4v) is 5.39. The Kier molecular flexibility index (Phi) is 4.71. The van der Waals surface area contributed by atoms with E-state index < -0.39 is 10.0 Å². The molecular weight excluding hydrogens is 318 g/mol. The van der Waals surface area contributed by atoms with Crippen molar-refractivity contribution in [2.24, 2.45) is 0 Å². The van der Waals surface area contributed by atoms with Crippen molar-refractivity contribution in [1.82, 2.24) is 4.31 Å². The second kappa shape index (κ2) is 5.85. The van der Waals surface area contributed by atoms with Crippen LogP contribution in [-0.2, 0) is 16.6 Å². The summed E-state index contributed by atoms with van der Waals surface area (Å²) in [6.07, 6.45) is 0. The van der Waals surface area contributed by atoms with Crippen molar-refractivity contribution in [3.63, 3.8) is 0 Å². The topological polar surface area (TPSA) is 57.6 Å². The Balaban J connectivity index is 2.33. The van der Waals surface area contributed by atoms with Crippen molar-refractivity contribution in [2.75, 3.05) is 18.8 Å². The van der Waals surface area contributed by atoms with E-state index >= 15 is 0 Å². The molecular formula is C13H18ClNO3S2. The van der Waals surface area contributed by atoms with E-state index in [0.717, 1.165) is 5.75 Å². The summed E-state index contributed by atoms with van der Waals surface area (Å²) >= 11 is 7.76. The van der Waals surface area contributed by atoms with Crippen molar-refractivity contribution in [2.45, 2.75) is 30.1 Å². The number of nitrogens with zero attached hydrogens (tertiary/aromatic N) is 1. The van der Waals surface area contributed by atoms with Crippen LogP contribution in [0.5, 0.6) is 0 Å². The summed E-state index contributed by atoms with van der Waals surface area (Å²) in [7, 11) is -3.53. The van der Waals surface area contributed by atoms with Crippen molar-refractivity contribution >= 4 is 33.4 Å². The maximum Gasteiger partial charge on any atom is 0.243 e. The molecule has 1 N–H and O–H groups in total. The van der Waals surface area contributed by atoms with Gasteiger partial charge in [0.15, 0.2) is 0 Å². The number of halogens is 1. The second-order valence-corrected chi connectivity index (χ2v) is 9.51. The molecule has 112 valence electrons. The van der Waals surface area contributed by atoms with Crippen molar-refractivity contribution in [1.29, 1.82) is 0 Å². The summed E-state index contributed by atoms with van der Waals surface area (Å²) < 4.78 is 26.7. The number of sulfonamides is 1. The van der Waals surface area contributed by atoms with Crippen LogP contribution < -0.4 is 0 Å². The Hall–Kier alpha value is -0.270. The Labute approximate surface area is 129 Å². The van der Waals surface area contributed by atoms with Crippen molar-refractivity contribution < 1.29 is 13.5 Å². The van der Waals surface area contributed by atoms with E-state index in [9.17, 15) is 8.42 Å². The summed E-state index contributed by atoms with van der Waals surface area (Å²) in [6.45, 7) is 4.88. The van der Waals surface area contributed by atoms with E-state index in [1.54, 1.807) is 17.8 Å². The molecule has 1 saturated heterocycles. The standard InChI is InChI=1S/C13H18ClNO3S2/c1-13(2)9-15(5-6-19-13)20(17,18)11-4-3-10(8-16)12(14)7-11/h3-4,7,16H,5-6,8-9H2,1-2H3. The summed E-state index contributed by atoms with van der Waals surface area (Å²) in [5.74, 6) is 0.786. The van der Waals surface area contributed by atoms with E-state index in [4.69, 9.17) is 16.7 Å². The molecule has 1 aliphatic heterocycles. The van der Waals surface area contributed by atoms with Crippen LogP contribution in [-0.4, -0.2) is 41.4 Å². The number of hydrogen-bond acceptors (Lipinski definition) is 4. The van der Waals surface area contributed by atoms with Gasteiger partial charge in [0.05, 0.1) is 11.5 Å². The third-order valence-corrected chi connectivity index (χ3v) is 6.71. The van der Waals surface area contributed by atoms with Crippen LogP contribution in [0.4, 0.5) is 0 Å². The largest absolute Gasteiger partial charge is 0.392 e. The van der Waals surface area contributed by atoms with Gasteiger partial charge in [-0.3, -0.25) is 0 Å². The number of benzene rings is 1. The average Bonchev–Trinajstić information content (AvgIpc) is 2.37. The molecule has 7 heteroatoms. The molecule has 20 heavy (non-hydrogen) atoms. The lowest BCUT2D eigenvalue weighted by atomic mass is 10.2. The molecule has 0 saturated carbocycles. The minimum atomic E-state index is -3.53. The Morgan fingerprint density at radius 1 is 1.45 bits per heavy atom. The van der Waals surface area contributed by atoms with E-state index in [0.29, 0.717) is 18.7 Å². The Morgan fingerprint density at radius 2 is 2.15 bits per heavy atom. The van der Waals surface area contributed by atoms with Gasteiger partial charge in [0.1, 0.15) is 0 Å². The molecule has 1 heterocycles. The Bertz CT molecular complexity index is 602. The van der Waals surface area contributed by atoms with Crippen LogP contribution in [0, 0.1) is 0 Å². The maximum atomic E-state index is 12.6. The molecule has 1 aromatic rings. The molecule has 0 bridgehead atoms. The molecule has 0 aromatic heterocycles. The molecule has 0 amide bonds. The van der Waals surface area contributed by atoms with Crippen molar-refractivity contribution in [3.05, 3.63) is 28.8 Å². The van der Waals surface area contributed by atoms with Gasteiger partial charge < -0.3 is 5.11 Å². The first-order valence-electron chi connectivity index (χ1n) is 6.30. The molecule has 0 radical (unpaired) electrons. The number of hydrogen-bond donors (Lipinski definition) is 1. The molecule has 1 aromatic carbocycles. The highest BCUT2D eigenvalue weighted by Gasteiger charge is 2.34. The molecule has 0 atom stereocenters. The Morgan fingerprint density at radius 3 is 2.70 bits per heavy atom. The predicted molar refractivity (Wildman–Crippen MR) is 82.7 cm³/mol. The van der Waals surface area contributed by atoms with Crippen LogP contribution >= 0.6 is 23.4 Å². The third-order valence-electron chi connectivity index (χ3n) is 3.22. The van der Waals surface area contributed by atoms with Gasteiger partial charge in [0, 0.05) is 28.6 Å². The highest BCUT2D eigenvalue weighted by atomic mass is 35.5. The predicted octanol–water partition coefficient (Wildman–Crippen LogP) is 2.35. The highest BCUT2D eigenvalue weighted by molar-refractivity contribution is 8.00. The maximum absolute atomic E-state index is 12.6. The SMILES string of the molecule is CC1(C)CN(S(=O)(=O)c2ccc(CO)c(Cl)c2)CCS1. The first kappa shape index (κ1) is 16.1. The van der Waals surface area contributed by atoms with E-state index in [1.807, 2.05) is 13.8 Å². The molecule has 1 fully saturated rings. The number of aliphatic hydroxyl groups excluding tert-OH is 1. The van der Waals surface area contributed by atoms with Gasteiger partial charge in [-0.05, 0) is 31.5 Å². The summed E-state index contributed by atoms with van der Waals surface area (Å²) in [4.78, 5) is 0.183. The van der Waals surface area contributed by atoms with E-state index in [1.165, 1.54) is 16.4 Å². The molecule has 1 aliphatic rings. The van der Waals surface area contributed by atoms with E-state index in [2.05, 4.69) is 0 Å². The monoisotopic (exact) mass is 335 g/mol. The number of thioether (sulfide) groups is 1. The zero-order valence-electron chi connectivity index (χ0n) is 11.5. The molecule has 0 aliphatic carbocycles. The first-order chi connectivity index (χ1) is 9.26. The molecule has 0 spiro atoms. The molecule has 0 unspecified atom stereocenters. The van der Waals surface area contributed by atoms with Gasteiger partial charge in [-0.2, -0.15) is 16.1 Å². The fourth-order valence-electron chi connectivity index (χ4n) is 2.14. The average molecular weight is 336 g/mol. The lowest BCUT2D eigenvalue weighted by molar-refractivity contribution is 0.282. The fraction of sp³-hybridized carbons (Fsp3) is 0.538. The van der Waals surface area contributed by atoms with Crippen LogP contribution in [0.25, 0.3) is 0 Å². The van der Waals surface area contributed by atoms with E-state index in [-0.39, 0.29) is 21.3 Å². The van der Waals surface area contributed by atoms with Crippen LogP contribution in [0.2, 0.25) is 5.02 Å². The third kappa shape index (κ3) is 3.31. The zero-order valence-corrected chi connectivity index (χ0v) is 13.9. The minimum absolute atomic E-state index is 0.0832. The van der Waals surface area contributed by atoms with Gasteiger partial charge >= 0.3 is 0 Å². The number of rotatable bonds is 3. The van der Waals surface area contributed by atoms with Gasteiger partial charge in [-0.1, -0.05) is 17.7 Å². The highest BCUT2D eigenvalue weighted by Crippen LogP contribution is 2.33. The summed E-state index contributed by atoms with van der Waals surface area (Å²) in [5, 5.41) is 9.36. The second-order valence-electron chi connectivity index (χ2n) is 5.36. The van der Waals surface area contributed by atoms with Gasteiger partial charge in [0.25, 0.3) is 0 Å². The van der Waals surface area contributed by atoms with Gasteiger partial charge in [0.2, 0.25) is 10.0 Å².